The molecular weight excluding hydrogens is 184 g/mol. The van der Waals surface area contributed by atoms with Gasteiger partial charge in [-0.1, -0.05) is 6.92 Å². The third-order valence-corrected chi connectivity index (χ3v) is 3.02. The van der Waals surface area contributed by atoms with Crippen LogP contribution in [0.25, 0.3) is 0 Å². The highest BCUT2D eigenvalue weighted by Gasteiger charge is 2.14. The van der Waals surface area contributed by atoms with Crippen molar-refractivity contribution in [2.45, 2.75) is 25.8 Å². The zero-order valence-electron chi connectivity index (χ0n) is 8.14. The number of thioether (sulfide) groups is 1. The Morgan fingerprint density at radius 1 is 1.54 bits per heavy atom. The second kappa shape index (κ2) is 6.27. The fourth-order valence-electron chi connectivity index (χ4n) is 1.43. The molecule has 0 saturated carbocycles. The number of hydrogen-bond donors (Lipinski definition) is 2. The van der Waals surface area contributed by atoms with Gasteiger partial charge in [0.15, 0.2) is 0 Å². The van der Waals surface area contributed by atoms with E-state index in [2.05, 4.69) is 17.6 Å². The summed E-state index contributed by atoms with van der Waals surface area (Å²) < 4.78 is 0. The number of amides is 1. The molecular formula is C9H18N2OS. The molecule has 0 atom stereocenters. The highest BCUT2D eigenvalue weighted by molar-refractivity contribution is 7.99. The van der Waals surface area contributed by atoms with E-state index >= 15 is 0 Å². The average molecular weight is 202 g/mol. The summed E-state index contributed by atoms with van der Waals surface area (Å²) in [6, 6.07) is 0.409. The van der Waals surface area contributed by atoms with Crippen LogP contribution >= 0.6 is 11.8 Å². The number of nitrogens with one attached hydrogen (secondary N) is 2. The van der Waals surface area contributed by atoms with Crippen LogP contribution in [0, 0.1) is 0 Å². The van der Waals surface area contributed by atoms with E-state index < -0.39 is 0 Å². The summed E-state index contributed by atoms with van der Waals surface area (Å²) in [5.74, 6) is 1.82. The van der Waals surface area contributed by atoms with Crippen molar-refractivity contribution in [1.82, 2.24) is 10.6 Å². The van der Waals surface area contributed by atoms with Crippen molar-refractivity contribution < 1.29 is 4.79 Å². The number of carbonyl (C=O) groups is 1. The lowest BCUT2D eigenvalue weighted by atomic mass is 10.1. The summed E-state index contributed by atoms with van der Waals surface area (Å²) in [6.07, 6.45) is 2.14. The molecule has 13 heavy (non-hydrogen) atoms. The molecule has 1 fully saturated rings. The predicted molar refractivity (Wildman–Crippen MR) is 57.0 cm³/mol. The van der Waals surface area contributed by atoms with Crippen molar-refractivity contribution in [3.05, 3.63) is 0 Å². The molecule has 0 aromatic carbocycles. The molecule has 1 aliphatic heterocycles. The largest absolute Gasteiger partial charge is 0.353 e. The molecule has 1 heterocycles. The van der Waals surface area contributed by atoms with Crippen molar-refractivity contribution in [3.63, 3.8) is 0 Å². The Hall–Kier alpha value is -0.220. The molecule has 0 bridgehead atoms. The molecule has 0 radical (unpaired) electrons. The zero-order chi connectivity index (χ0) is 9.52. The molecule has 1 aliphatic rings. The molecule has 0 aromatic rings. The minimum Gasteiger partial charge on any atom is -0.353 e. The van der Waals surface area contributed by atoms with E-state index in [0.29, 0.717) is 11.8 Å². The van der Waals surface area contributed by atoms with E-state index in [-0.39, 0.29) is 5.91 Å². The van der Waals surface area contributed by atoms with Gasteiger partial charge in [-0.3, -0.25) is 4.79 Å². The van der Waals surface area contributed by atoms with Gasteiger partial charge in [0.2, 0.25) is 5.91 Å². The second-order valence-electron chi connectivity index (χ2n) is 3.23. The molecule has 3 nitrogen and oxygen atoms in total. The van der Waals surface area contributed by atoms with Gasteiger partial charge in [0.1, 0.15) is 0 Å². The molecule has 4 heteroatoms. The fraction of sp³-hybridized carbons (Fsp3) is 0.889. The minimum atomic E-state index is 0.193. The van der Waals surface area contributed by atoms with E-state index in [4.69, 9.17) is 0 Å². The summed E-state index contributed by atoms with van der Waals surface area (Å²) in [4.78, 5) is 11.3. The van der Waals surface area contributed by atoms with Gasteiger partial charge in [-0.25, -0.2) is 0 Å². The van der Waals surface area contributed by atoms with Gasteiger partial charge in [-0.2, -0.15) is 11.8 Å². The van der Waals surface area contributed by atoms with E-state index in [0.717, 1.165) is 31.7 Å². The van der Waals surface area contributed by atoms with Gasteiger partial charge in [-0.05, 0) is 31.7 Å². The summed E-state index contributed by atoms with van der Waals surface area (Å²) >= 11 is 1.68. The van der Waals surface area contributed by atoms with Crippen LogP contribution < -0.4 is 10.6 Å². The molecule has 0 aromatic heterocycles. The summed E-state index contributed by atoms with van der Waals surface area (Å²) in [6.45, 7) is 4.14. The molecule has 0 aliphatic carbocycles. The molecule has 1 amide bonds. The molecule has 2 N–H and O–H groups in total. The van der Waals surface area contributed by atoms with Crippen LogP contribution in [0.2, 0.25) is 0 Å². The van der Waals surface area contributed by atoms with Crippen LogP contribution in [-0.2, 0) is 4.79 Å². The Morgan fingerprint density at radius 2 is 2.23 bits per heavy atom. The smallest absolute Gasteiger partial charge is 0.230 e. The Morgan fingerprint density at radius 3 is 2.85 bits per heavy atom. The maximum atomic E-state index is 11.3. The second-order valence-corrected chi connectivity index (χ2v) is 4.50. The Kier molecular flexibility index (Phi) is 5.23. The molecule has 0 unspecified atom stereocenters. The van der Waals surface area contributed by atoms with E-state index in [1.807, 2.05) is 0 Å². The van der Waals surface area contributed by atoms with Crippen molar-refractivity contribution >= 4 is 17.7 Å². The van der Waals surface area contributed by atoms with E-state index in [9.17, 15) is 4.79 Å². The van der Waals surface area contributed by atoms with Gasteiger partial charge in [0, 0.05) is 6.04 Å². The van der Waals surface area contributed by atoms with Crippen molar-refractivity contribution in [2.75, 3.05) is 24.6 Å². The Balaban J connectivity index is 2.11. The van der Waals surface area contributed by atoms with Crippen molar-refractivity contribution in [3.8, 4) is 0 Å². The number of rotatable bonds is 4. The van der Waals surface area contributed by atoms with Crippen LogP contribution in [0.5, 0.6) is 0 Å². The lowest BCUT2D eigenvalue weighted by molar-refractivity contribution is -0.119. The standard InChI is InChI=1S/C9H18N2OS/c1-2-13-7-9(12)11-8-3-5-10-6-4-8/h8,10H,2-7H2,1H3,(H,11,12). The van der Waals surface area contributed by atoms with Crippen LogP contribution in [0.1, 0.15) is 19.8 Å². The first-order chi connectivity index (χ1) is 6.33. The first-order valence-corrected chi connectivity index (χ1v) is 6.06. The number of piperidine rings is 1. The SMILES string of the molecule is CCSCC(=O)NC1CCNCC1. The third-order valence-electron chi connectivity index (χ3n) is 2.14. The maximum absolute atomic E-state index is 11.3. The first-order valence-electron chi connectivity index (χ1n) is 4.90. The van der Waals surface area contributed by atoms with Crippen LogP contribution in [0.4, 0.5) is 0 Å². The van der Waals surface area contributed by atoms with Crippen LogP contribution in [-0.4, -0.2) is 36.5 Å². The topological polar surface area (TPSA) is 41.1 Å². The quantitative estimate of drug-likeness (QED) is 0.702. The normalized spacial score (nSPS) is 18.5. The molecule has 76 valence electrons. The van der Waals surface area contributed by atoms with Gasteiger partial charge < -0.3 is 10.6 Å². The highest BCUT2D eigenvalue weighted by Crippen LogP contribution is 2.03. The van der Waals surface area contributed by atoms with Crippen molar-refractivity contribution in [1.29, 1.82) is 0 Å². The Labute approximate surface area is 84.0 Å². The monoisotopic (exact) mass is 202 g/mol. The van der Waals surface area contributed by atoms with Crippen LogP contribution in [0.15, 0.2) is 0 Å². The van der Waals surface area contributed by atoms with Gasteiger partial charge in [-0.15, -0.1) is 0 Å². The first kappa shape index (κ1) is 10.9. The zero-order valence-corrected chi connectivity index (χ0v) is 8.95. The summed E-state index contributed by atoms with van der Waals surface area (Å²) in [5.41, 5.74) is 0. The fourth-order valence-corrected chi connectivity index (χ4v) is 1.90. The van der Waals surface area contributed by atoms with Gasteiger partial charge >= 0.3 is 0 Å². The lowest BCUT2D eigenvalue weighted by Crippen LogP contribution is -2.43. The van der Waals surface area contributed by atoms with Gasteiger partial charge in [0.05, 0.1) is 5.75 Å². The summed E-state index contributed by atoms with van der Waals surface area (Å²) in [7, 11) is 0. The Bertz CT molecular complexity index is 158. The number of hydrogen-bond acceptors (Lipinski definition) is 3. The molecule has 0 spiro atoms. The molecule has 1 saturated heterocycles. The predicted octanol–water partition coefficient (Wildman–Crippen LogP) is 0.608. The van der Waals surface area contributed by atoms with Gasteiger partial charge in [0.25, 0.3) is 0 Å². The van der Waals surface area contributed by atoms with E-state index in [1.54, 1.807) is 11.8 Å². The highest BCUT2D eigenvalue weighted by atomic mass is 32.2. The lowest BCUT2D eigenvalue weighted by Gasteiger charge is -2.23. The summed E-state index contributed by atoms with van der Waals surface area (Å²) in [5, 5.41) is 6.33. The molecule has 1 rings (SSSR count). The number of carbonyl (C=O) groups excluding carboxylic acids is 1. The average Bonchev–Trinajstić information content (AvgIpc) is 2.16. The maximum Gasteiger partial charge on any atom is 0.230 e. The van der Waals surface area contributed by atoms with Crippen LogP contribution in [0.3, 0.4) is 0 Å². The van der Waals surface area contributed by atoms with Crippen molar-refractivity contribution in [2.24, 2.45) is 0 Å². The minimum absolute atomic E-state index is 0.193. The van der Waals surface area contributed by atoms with E-state index in [1.165, 1.54) is 0 Å². The third kappa shape index (κ3) is 4.52.